The molecule has 1 amide bonds. The van der Waals surface area contributed by atoms with Crippen molar-refractivity contribution in [3.63, 3.8) is 0 Å². The Morgan fingerprint density at radius 1 is 1.11 bits per heavy atom. The van der Waals surface area contributed by atoms with E-state index in [0.29, 0.717) is 43.4 Å². The molecule has 1 saturated heterocycles. The standard InChI is InChI=1S/C27H29N5O3/c1-19-6-8-21(9-7-19)22-17-24(25-20(2)5-4-10-29-25)30-26(23(22)18-28)35-16-15-31-11-13-32(14-12-31)27(33)34-3/h4-10,17H,11-16H2,1-3H3. The fraction of sp³-hybridized carbons (Fsp3) is 0.333. The molecular formula is C27H29N5O3. The summed E-state index contributed by atoms with van der Waals surface area (Å²) in [4.78, 5) is 24.9. The normalized spacial score (nSPS) is 13.8. The highest BCUT2D eigenvalue weighted by Crippen LogP contribution is 2.34. The van der Waals surface area contributed by atoms with E-state index in [-0.39, 0.29) is 6.09 Å². The van der Waals surface area contributed by atoms with Gasteiger partial charge in [-0.15, -0.1) is 0 Å². The molecular weight excluding hydrogens is 442 g/mol. The molecule has 0 atom stereocenters. The summed E-state index contributed by atoms with van der Waals surface area (Å²) in [6.45, 7) is 7.75. The van der Waals surface area contributed by atoms with Crippen molar-refractivity contribution in [1.82, 2.24) is 19.8 Å². The summed E-state index contributed by atoms with van der Waals surface area (Å²) in [7, 11) is 1.40. The Bertz CT molecular complexity index is 1230. The average molecular weight is 472 g/mol. The largest absolute Gasteiger partial charge is 0.475 e. The number of hydrogen-bond acceptors (Lipinski definition) is 7. The summed E-state index contributed by atoms with van der Waals surface area (Å²) >= 11 is 0. The fourth-order valence-corrected chi connectivity index (χ4v) is 4.12. The maximum Gasteiger partial charge on any atom is 0.409 e. The van der Waals surface area contributed by atoms with Gasteiger partial charge in [0.15, 0.2) is 0 Å². The van der Waals surface area contributed by atoms with Gasteiger partial charge in [-0.2, -0.15) is 5.26 Å². The smallest absolute Gasteiger partial charge is 0.409 e. The summed E-state index contributed by atoms with van der Waals surface area (Å²) in [5.41, 5.74) is 5.66. The molecule has 0 saturated carbocycles. The zero-order chi connectivity index (χ0) is 24.8. The molecule has 0 unspecified atom stereocenters. The lowest BCUT2D eigenvalue weighted by atomic mass is 9.98. The molecule has 0 aliphatic carbocycles. The van der Waals surface area contributed by atoms with Gasteiger partial charge in [0.05, 0.1) is 18.5 Å². The topological polar surface area (TPSA) is 91.6 Å². The Kier molecular flexibility index (Phi) is 7.58. The molecule has 1 fully saturated rings. The van der Waals surface area contributed by atoms with E-state index in [1.165, 1.54) is 7.11 Å². The minimum Gasteiger partial charge on any atom is -0.475 e. The number of carbonyl (C=O) groups excluding carboxylic acids is 1. The fourth-order valence-electron chi connectivity index (χ4n) is 4.12. The third-order valence-electron chi connectivity index (χ3n) is 6.16. The SMILES string of the molecule is COC(=O)N1CCN(CCOc2nc(-c3ncccc3C)cc(-c3ccc(C)cc3)c2C#N)CC1. The Balaban J connectivity index is 1.58. The number of methoxy groups -OCH3 is 1. The second-order valence-corrected chi connectivity index (χ2v) is 8.53. The third kappa shape index (κ3) is 5.58. The molecule has 3 heterocycles. The highest BCUT2D eigenvalue weighted by Gasteiger charge is 2.22. The summed E-state index contributed by atoms with van der Waals surface area (Å²) in [5.74, 6) is 0.304. The number of nitriles is 1. The van der Waals surface area contributed by atoms with Crippen LogP contribution < -0.4 is 4.74 Å². The number of aromatic nitrogens is 2. The van der Waals surface area contributed by atoms with E-state index in [9.17, 15) is 10.1 Å². The second kappa shape index (κ2) is 11.0. The van der Waals surface area contributed by atoms with E-state index in [1.807, 2.05) is 56.3 Å². The van der Waals surface area contributed by atoms with Crippen LogP contribution >= 0.6 is 0 Å². The van der Waals surface area contributed by atoms with Crippen molar-refractivity contribution < 1.29 is 14.3 Å². The highest BCUT2D eigenvalue weighted by molar-refractivity contribution is 5.77. The number of amides is 1. The Hall–Kier alpha value is -3.96. The quantitative estimate of drug-likeness (QED) is 0.535. The van der Waals surface area contributed by atoms with E-state index in [2.05, 4.69) is 16.0 Å². The van der Waals surface area contributed by atoms with Gasteiger partial charge in [0.1, 0.15) is 18.2 Å². The molecule has 0 radical (unpaired) electrons. The van der Waals surface area contributed by atoms with Gasteiger partial charge in [0.25, 0.3) is 0 Å². The summed E-state index contributed by atoms with van der Waals surface area (Å²) < 4.78 is 10.9. The highest BCUT2D eigenvalue weighted by atomic mass is 16.5. The molecule has 4 rings (SSSR count). The molecule has 8 nitrogen and oxygen atoms in total. The molecule has 1 aliphatic rings. The monoisotopic (exact) mass is 471 g/mol. The zero-order valence-corrected chi connectivity index (χ0v) is 20.3. The molecule has 180 valence electrons. The number of hydrogen-bond donors (Lipinski definition) is 0. The van der Waals surface area contributed by atoms with E-state index < -0.39 is 0 Å². The number of aryl methyl sites for hydroxylation is 2. The molecule has 35 heavy (non-hydrogen) atoms. The first-order chi connectivity index (χ1) is 17.0. The summed E-state index contributed by atoms with van der Waals surface area (Å²) in [5, 5.41) is 10.0. The van der Waals surface area contributed by atoms with Crippen molar-refractivity contribution in [1.29, 1.82) is 5.26 Å². The maximum absolute atomic E-state index is 11.7. The van der Waals surface area contributed by atoms with Crippen LogP contribution in [0.25, 0.3) is 22.5 Å². The minimum atomic E-state index is -0.297. The van der Waals surface area contributed by atoms with Gasteiger partial charge in [-0.05, 0) is 37.1 Å². The number of nitrogens with zero attached hydrogens (tertiary/aromatic N) is 5. The van der Waals surface area contributed by atoms with E-state index >= 15 is 0 Å². The Morgan fingerprint density at radius 2 is 1.86 bits per heavy atom. The third-order valence-corrected chi connectivity index (χ3v) is 6.16. The van der Waals surface area contributed by atoms with E-state index in [0.717, 1.165) is 41.0 Å². The lowest BCUT2D eigenvalue weighted by Gasteiger charge is -2.33. The van der Waals surface area contributed by atoms with Crippen LogP contribution in [0.1, 0.15) is 16.7 Å². The van der Waals surface area contributed by atoms with Gasteiger partial charge in [-0.1, -0.05) is 35.9 Å². The van der Waals surface area contributed by atoms with Crippen LogP contribution in [-0.2, 0) is 4.74 Å². The molecule has 1 aliphatic heterocycles. The molecule has 8 heteroatoms. The molecule has 0 spiro atoms. The Labute approximate surface area is 205 Å². The van der Waals surface area contributed by atoms with Crippen LogP contribution in [-0.4, -0.2) is 72.3 Å². The summed E-state index contributed by atoms with van der Waals surface area (Å²) in [6, 6.07) is 16.2. The van der Waals surface area contributed by atoms with Crippen LogP contribution in [0.2, 0.25) is 0 Å². The van der Waals surface area contributed by atoms with Crippen LogP contribution in [0.3, 0.4) is 0 Å². The van der Waals surface area contributed by atoms with Crippen molar-refractivity contribution >= 4 is 6.09 Å². The number of piperazine rings is 1. The molecule has 1 aromatic carbocycles. The molecule has 2 aromatic heterocycles. The predicted octanol–water partition coefficient (Wildman–Crippen LogP) is 4.06. The lowest BCUT2D eigenvalue weighted by Crippen LogP contribution is -2.49. The summed E-state index contributed by atoms with van der Waals surface area (Å²) in [6.07, 6.45) is 1.44. The van der Waals surface area contributed by atoms with Crippen molar-refractivity contribution in [3.05, 3.63) is 65.4 Å². The van der Waals surface area contributed by atoms with Crippen molar-refractivity contribution in [3.8, 4) is 34.5 Å². The van der Waals surface area contributed by atoms with Gasteiger partial charge in [-0.25, -0.2) is 9.78 Å². The first-order valence-corrected chi connectivity index (χ1v) is 11.6. The first-order valence-electron chi connectivity index (χ1n) is 11.6. The van der Waals surface area contributed by atoms with Gasteiger partial charge in [0, 0.05) is 44.5 Å². The van der Waals surface area contributed by atoms with Crippen LogP contribution in [0.5, 0.6) is 5.88 Å². The van der Waals surface area contributed by atoms with Crippen LogP contribution in [0, 0.1) is 25.2 Å². The van der Waals surface area contributed by atoms with Crippen LogP contribution in [0.4, 0.5) is 4.79 Å². The minimum absolute atomic E-state index is 0.297. The second-order valence-electron chi connectivity index (χ2n) is 8.53. The maximum atomic E-state index is 11.7. The number of rotatable bonds is 6. The average Bonchev–Trinajstić information content (AvgIpc) is 2.89. The first kappa shape index (κ1) is 24.2. The van der Waals surface area contributed by atoms with E-state index in [1.54, 1.807) is 11.1 Å². The number of pyridine rings is 2. The van der Waals surface area contributed by atoms with Crippen molar-refractivity contribution in [2.75, 3.05) is 46.4 Å². The molecule has 0 N–H and O–H groups in total. The van der Waals surface area contributed by atoms with E-state index in [4.69, 9.17) is 14.5 Å². The molecule has 3 aromatic rings. The number of carbonyl (C=O) groups is 1. The number of ether oxygens (including phenoxy) is 2. The predicted molar refractivity (Wildman–Crippen MR) is 133 cm³/mol. The lowest BCUT2D eigenvalue weighted by molar-refractivity contribution is 0.0857. The van der Waals surface area contributed by atoms with Crippen molar-refractivity contribution in [2.24, 2.45) is 0 Å². The van der Waals surface area contributed by atoms with Gasteiger partial charge < -0.3 is 14.4 Å². The number of benzene rings is 1. The van der Waals surface area contributed by atoms with Gasteiger partial charge in [0.2, 0.25) is 5.88 Å². The molecule has 0 bridgehead atoms. The van der Waals surface area contributed by atoms with Gasteiger partial charge in [-0.3, -0.25) is 9.88 Å². The zero-order valence-electron chi connectivity index (χ0n) is 20.3. The van der Waals surface area contributed by atoms with Crippen LogP contribution in [0.15, 0.2) is 48.7 Å². The Morgan fingerprint density at radius 3 is 2.51 bits per heavy atom. The van der Waals surface area contributed by atoms with Crippen molar-refractivity contribution in [2.45, 2.75) is 13.8 Å². The van der Waals surface area contributed by atoms with Gasteiger partial charge >= 0.3 is 6.09 Å².